The van der Waals surface area contributed by atoms with Gasteiger partial charge in [-0.1, -0.05) is 12.1 Å². The minimum atomic E-state index is -0.337. The zero-order valence-corrected chi connectivity index (χ0v) is 20.5. The molecule has 37 heavy (non-hydrogen) atoms. The van der Waals surface area contributed by atoms with Gasteiger partial charge < -0.3 is 10.1 Å². The van der Waals surface area contributed by atoms with Crippen molar-refractivity contribution in [1.82, 2.24) is 15.2 Å². The van der Waals surface area contributed by atoms with Crippen molar-refractivity contribution in [3.63, 3.8) is 0 Å². The smallest absolute Gasteiger partial charge is 0.252 e. The van der Waals surface area contributed by atoms with Gasteiger partial charge in [0.25, 0.3) is 5.91 Å². The molecule has 1 aliphatic rings. The number of Topliss-reactive ketones (excluding diaryl/α,β-unsaturated/α-hetero) is 1. The molecule has 0 spiro atoms. The number of likely N-dealkylation sites (tertiary alicyclic amines) is 1. The second kappa shape index (κ2) is 12.7. The molecule has 0 saturated carbocycles. The van der Waals surface area contributed by atoms with Crippen LogP contribution < -0.4 is 10.1 Å². The maximum Gasteiger partial charge on any atom is 0.252 e. The van der Waals surface area contributed by atoms with Gasteiger partial charge in [-0.3, -0.25) is 19.5 Å². The molecule has 1 N–H and O–H groups in total. The molecule has 7 nitrogen and oxygen atoms in total. The van der Waals surface area contributed by atoms with Crippen LogP contribution in [0.2, 0.25) is 0 Å². The number of ether oxygens (including phenoxy) is 1. The van der Waals surface area contributed by atoms with Crippen LogP contribution in [0.1, 0.15) is 51.2 Å². The average Bonchev–Trinajstić information content (AvgIpc) is 2.93. The van der Waals surface area contributed by atoms with Crippen LogP contribution >= 0.6 is 0 Å². The Labute approximate surface area is 215 Å². The summed E-state index contributed by atoms with van der Waals surface area (Å²) in [6.45, 7) is 3.22. The van der Waals surface area contributed by atoms with Crippen LogP contribution in [0.25, 0.3) is 0 Å². The van der Waals surface area contributed by atoms with Crippen LogP contribution in [0.3, 0.4) is 0 Å². The molecule has 190 valence electrons. The fourth-order valence-electron chi connectivity index (χ4n) is 4.32. The molecule has 8 heteroatoms. The zero-order valence-electron chi connectivity index (χ0n) is 20.5. The standard InChI is InChI=1S/C29H29FN4O3/c30-25-6-8-26(9-7-25)37-16-13-32-29(36)24-5-10-27(33-19-24)28(35)17-21-11-14-34(15-12-21)20-23-3-1-22(18-31)2-4-23/h1-10,19,21H,11-17,20H2,(H,32,36). The molecule has 1 aromatic heterocycles. The largest absolute Gasteiger partial charge is 0.492 e. The van der Waals surface area contributed by atoms with Crippen LogP contribution in [0.4, 0.5) is 4.39 Å². The Morgan fingerprint density at radius 2 is 1.78 bits per heavy atom. The van der Waals surface area contributed by atoms with E-state index in [4.69, 9.17) is 10.00 Å². The molecule has 2 heterocycles. The number of nitriles is 1. The molecule has 1 amide bonds. The summed E-state index contributed by atoms with van der Waals surface area (Å²) in [7, 11) is 0. The number of benzene rings is 2. The second-order valence-corrected chi connectivity index (χ2v) is 9.15. The Hall–Kier alpha value is -4.09. The van der Waals surface area contributed by atoms with Crippen LogP contribution in [0.15, 0.2) is 66.9 Å². The molecule has 1 aliphatic heterocycles. The monoisotopic (exact) mass is 500 g/mol. The third-order valence-electron chi connectivity index (χ3n) is 6.45. The zero-order chi connectivity index (χ0) is 26.0. The summed E-state index contributed by atoms with van der Waals surface area (Å²) in [6, 6.07) is 18.7. The number of nitrogens with zero attached hydrogens (tertiary/aromatic N) is 3. The van der Waals surface area contributed by atoms with Gasteiger partial charge in [0.2, 0.25) is 0 Å². The third kappa shape index (κ3) is 7.69. The molecule has 0 atom stereocenters. The molecule has 0 bridgehead atoms. The summed E-state index contributed by atoms with van der Waals surface area (Å²) in [5, 5.41) is 11.7. The van der Waals surface area contributed by atoms with Gasteiger partial charge in [-0.05, 0) is 85.9 Å². The number of carbonyl (C=O) groups is 2. The van der Waals surface area contributed by atoms with Gasteiger partial charge in [0, 0.05) is 19.2 Å². The lowest BCUT2D eigenvalue weighted by molar-refractivity contribution is 0.0915. The lowest BCUT2D eigenvalue weighted by Gasteiger charge is -2.31. The third-order valence-corrected chi connectivity index (χ3v) is 6.45. The van der Waals surface area contributed by atoms with Gasteiger partial charge in [0.05, 0.1) is 23.7 Å². The van der Waals surface area contributed by atoms with E-state index in [-0.39, 0.29) is 30.7 Å². The number of hydrogen-bond acceptors (Lipinski definition) is 6. The number of rotatable bonds is 10. The normalized spacial score (nSPS) is 14.1. The number of pyridine rings is 1. The molecule has 1 saturated heterocycles. The quantitative estimate of drug-likeness (QED) is 0.328. The van der Waals surface area contributed by atoms with Crippen LogP contribution in [-0.4, -0.2) is 47.8 Å². The van der Waals surface area contributed by atoms with Gasteiger partial charge >= 0.3 is 0 Å². The fourth-order valence-corrected chi connectivity index (χ4v) is 4.32. The van der Waals surface area contributed by atoms with E-state index in [0.717, 1.165) is 32.5 Å². The predicted octanol–water partition coefficient (Wildman–Crippen LogP) is 4.39. The molecule has 3 aromatic rings. The Morgan fingerprint density at radius 3 is 2.43 bits per heavy atom. The van der Waals surface area contributed by atoms with Gasteiger partial charge in [0.15, 0.2) is 5.78 Å². The number of ketones is 1. The Kier molecular flexibility index (Phi) is 8.95. The number of nitrogens with one attached hydrogen (secondary N) is 1. The van der Waals surface area contributed by atoms with Crippen LogP contribution in [0.5, 0.6) is 5.75 Å². The van der Waals surface area contributed by atoms with E-state index in [0.29, 0.717) is 34.9 Å². The van der Waals surface area contributed by atoms with Gasteiger partial charge in [-0.15, -0.1) is 0 Å². The Bertz CT molecular complexity index is 1230. The fraction of sp³-hybridized carbons (Fsp3) is 0.310. The van der Waals surface area contributed by atoms with E-state index in [1.165, 1.54) is 36.0 Å². The molecule has 4 rings (SSSR count). The molecule has 1 fully saturated rings. The van der Waals surface area contributed by atoms with E-state index < -0.39 is 0 Å². The van der Waals surface area contributed by atoms with Gasteiger partial charge in [-0.2, -0.15) is 5.26 Å². The van der Waals surface area contributed by atoms with Crippen molar-refractivity contribution in [2.75, 3.05) is 26.2 Å². The second-order valence-electron chi connectivity index (χ2n) is 9.15. The first-order valence-electron chi connectivity index (χ1n) is 12.4. The van der Waals surface area contributed by atoms with E-state index in [2.05, 4.69) is 21.3 Å². The highest BCUT2D eigenvalue weighted by Crippen LogP contribution is 2.23. The van der Waals surface area contributed by atoms with Crippen molar-refractivity contribution in [3.05, 3.63) is 95.1 Å². The lowest BCUT2D eigenvalue weighted by Crippen LogP contribution is -2.34. The molecular formula is C29H29FN4O3. The maximum absolute atomic E-state index is 12.9. The molecular weight excluding hydrogens is 471 g/mol. The summed E-state index contributed by atoms with van der Waals surface area (Å²) in [4.78, 5) is 31.7. The first-order valence-corrected chi connectivity index (χ1v) is 12.4. The van der Waals surface area contributed by atoms with Crippen molar-refractivity contribution in [1.29, 1.82) is 5.26 Å². The highest BCUT2D eigenvalue weighted by atomic mass is 19.1. The predicted molar refractivity (Wildman–Crippen MR) is 137 cm³/mol. The summed E-state index contributed by atoms with van der Waals surface area (Å²) >= 11 is 0. The van der Waals surface area contributed by atoms with Gasteiger partial charge in [0.1, 0.15) is 23.9 Å². The first kappa shape index (κ1) is 26.0. The number of carbonyl (C=O) groups excluding carboxylic acids is 2. The summed E-state index contributed by atoms with van der Waals surface area (Å²) in [5.41, 5.74) is 2.59. The lowest BCUT2D eigenvalue weighted by atomic mass is 9.90. The van der Waals surface area contributed by atoms with Crippen molar-refractivity contribution >= 4 is 11.7 Å². The van der Waals surface area contributed by atoms with E-state index in [9.17, 15) is 14.0 Å². The average molecular weight is 501 g/mol. The maximum atomic E-state index is 12.9. The van der Waals surface area contributed by atoms with Crippen molar-refractivity contribution in [3.8, 4) is 11.8 Å². The topological polar surface area (TPSA) is 95.3 Å². The number of amides is 1. The summed E-state index contributed by atoms with van der Waals surface area (Å²) < 4.78 is 18.4. The summed E-state index contributed by atoms with van der Waals surface area (Å²) in [5.74, 6) is 0.193. The van der Waals surface area contributed by atoms with Crippen LogP contribution in [0, 0.1) is 23.1 Å². The van der Waals surface area contributed by atoms with Crippen molar-refractivity contribution in [2.45, 2.75) is 25.8 Å². The Morgan fingerprint density at radius 1 is 1.05 bits per heavy atom. The number of piperidine rings is 1. The van der Waals surface area contributed by atoms with Crippen molar-refractivity contribution in [2.24, 2.45) is 5.92 Å². The number of aromatic nitrogens is 1. The van der Waals surface area contributed by atoms with E-state index >= 15 is 0 Å². The van der Waals surface area contributed by atoms with Crippen molar-refractivity contribution < 1.29 is 18.7 Å². The molecule has 2 aromatic carbocycles. The highest BCUT2D eigenvalue weighted by molar-refractivity contribution is 5.97. The minimum absolute atomic E-state index is 0.00908. The minimum Gasteiger partial charge on any atom is -0.492 e. The van der Waals surface area contributed by atoms with Gasteiger partial charge in [-0.25, -0.2) is 4.39 Å². The molecule has 0 unspecified atom stereocenters. The summed E-state index contributed by atoms with van der Waals surface area (Å²) in [6.07, 6.45) is 3.76. The Balaban J connectivity index is 1.17. The first-order chi connectivity index (χ1) is 18.0. The number of halogens is 1. The SMILES string of the molecule is N#Cc1ccc(CN2CCC(CC(=O)c3ccc(C(=O)NCCOc4ccc(F)cc4)cn3)CC2)cc1. The van der Waals surface area contributed by atoms with Crippen LogP contribution in [-0.2, 0) is 6.54 Å². The molecule has 0 aliphatic carbocycles. The van der Waals surface area contributed by atoms with E-state index in [1.54, 1.807) is 12.1 Å². The molecule has 0 radical (unpaired) electrons. The highest BCUT2D eigenvalue weighted by Gasteiger charge is 2.23. The van der Waals surface area contributed by atoms with E-state index in [1.807, 2.05) is 24.3 Å². The number of hydrogen-bond donors (Lipinski definition) is 1.